The molecule has 0 aliphatic carbocycles. The van der Waals surface area contributed by atoms with Gasteiger partial charge in [0.25, 0.3) is 0 Å². The Labute approximate surface area is 140 Å². The highest BCUT2D eigenvalue weighted by Gasteiger charge is 2.06. The number of aromatic nitrogens is 1. The molecule has 0 atom stereocenters. The Bertz CT molecular complexity index is 811. The van der Waals surface area contributed by atoms with Crippen molar-refractivity contribution in [1.29, 1.82) is 0 Å². The number of aliphatic imine (C=N–C) groups is 1. The lowest BCUT2D eigenvalue weighted by atomic mass is 10.1. The molecular weight excluding hydrogens is 304 g/mol. The van der Waals surface area contributed by atoms with Crippen LogP contribution in [0.2, 0.25) is 0 Å². The van der Waals surface area contributed by atoms with Crippen LogP contribution in [0.25, 0.3) is 5.70 Å². The average Bonchev–Trinajstić information content (AvgIpc) is 2.57. The van der Waals surface area contributed by atoms with Gasteiger partial charge < -0.3 is 16.2 Å². The topological polar surface area (TPSA) is 101 Å². The maximum Gasteiger partial charge on any atom is 0.335 e. The SMILES string of the molecule is C=C(N=C/C=C(\N)c1cccnc1)Nc1cc(C(=O)O)ccc1C. The number of carboxylic acid groups (broad SMARTS) is 1. The first-order valence-electron chi connectivity index (χ1n) is 7.17. The number of nitrogens with two attached hydrogens (primary N) is 1. The van der Waals surface area contributed by atoms with Gasteiger partial charge >= 0.3 is 5.97 Å². The second-order valence-corrected chi connectivity index (χ2v) is 5.05. The molecule has 6 heteroatoms. The zero-order valence-electron chi connectivity index (χ0n) is 13.2. The molecule has 0 bridgehead atoms. The van der Waals surface area contributed by atoms with Crippen LogP contribution in [0.4, 0.5) is 5.69 Å². The van der Waals surface area contributed by atoms with Gasteiger partial charge in [-0.15, -0.1) is 0 Å². The van der Waals surface area contributed by atoms with E-state index >= 15 is 0 Å². The second kappa shape index (κ2) is 7.73. The lowest BCUT2D eigenvalue weighted by Crippen LogP contribution is -2.02. The number of anilines is 1. The summed E-state index contributed by atoms with van der Waals surface area (Å²) in [6.07, 6.45) is 6.50. The summed E-state index contributed by atoms with van der Waals surface area (Å²) in [7, 11) is 0. The molecule has 2 aromatic rings. The Kier molecular flexibility index (Phi) is 5.46. The van der Waals surface area contributed by atoms with Gasteiger partial charge in [0, 0.05) is 35.6 Å². The van der Waals surface area contributed by atoms with Crippen molar-refractivity contribution in [3.63, 3.8) is 0 Å². The summed E-state index contributed by atoms with van der Waals surface area (Å²) in [4.78, 5) is 19.2. The van der Waals surface area contributed by atoms with Gasteiger partial charge in [0.2, 0.25) is 0 Å². The van der Waals surface area contributed by atoms with E-state index in [9.17, 15) is 4.79 Å². The molecule has 0 unspecified atom stereocenters. The van der Waals surface area contributed by atoms with Crippen molar-refractivity contribution in [1.82, 2.24) is 4.98 Å². The summed E-state index contributed by atoms with van der Waals surface area (Å²) in [5.41, 5.74) is 8.98. The van der Waals surface area contributed by atoms with Crippen LogP contribution in [0.5, 0.6) is 0 Å². The van der Waals surface area contributed by atoms with Gasteiger partial charge in [-0.2, -0.15) is 0 Å². The summed E-state index contributed by atoms with van der Waals surface area (Å²) in [5.74, 6) is -0.616. The monoisotopic (exact) mass is 322 g/mol. The van der Waals surface area contributed by atoms with Gasteiger partial charge in [-0.1, -0.05) is 12.6 Å². The first-order valence-corrected chi connectivity index (χ1v) is 7.17. The second-order valence-electron chi connectivity index (χ2n) is 5.05. The van der Waals surface area contributed by atoms with E-state index in [1.165, 1.54) is 12.3 Å². The predicted octanol–water partition coefficient (Wildman–Crippen LogP) is 3.04. The van der Waals surface area contributed by atoms with Crippen LogP contribution in [0.3, 0.4) is 0 Å². The zero-order chi connectivity index (χ0) is 17.5. The number of pyridine rings is 1. The number of carboxylic acids is 1. The first-order chi connectivity index (χ1) is 11.5. The van der Waals surface area contributed by atoms with Crippen LogP contribution >= 0.6 is 0 Å². The summed E-state index contributed by atoms with van der Waals surface area (Å²) < 4.78 is 0. The molecule has 24 heavy (non-hydrogen) atoms. The lowest BCUT2D eigenvalue weighted by molar-refractivity contribution is 0.0697. The van der Waals surface area contributed by atoms with Gasteiger partial charge in [-0.05, 0) is 42.8 Å². The number of carbonyl (C=O) groups is 1. The molecule has 0 spiro atoms. The molecule has 2 rings (SSSR count). The molecule has 122 valence electrons. The van der Waals surface area contributed by atoms with E-state index in [0.29, 0.717) is 17.2 Å². The van der Waals surface area contributed by atoms with Gasteiger partial charge in [0.15, 0.2) is 0 Å². The van der Waals surface area contributed by atoms with Crippen molar-refractivity contribution in [3.05, 3.63) is 77.9 Å². The fourth-order valence-corrected chi connectivity index (χ4v) is 1.91. The fraction of sp³-hybridized carbons (Fsp3) is 0.0556. The number of rotatable bonds is 6. The van der Waals surface area contributed by atoms with Crippen molar-refractivity contribution in [2.75, 3.05) is 5.32 Å². The Hall–Kier alpha value is -3.41. The summed E-state index contributed by atoms with van der Waals surface area (Å²) >= 11 is 0. The van der Waals surface area contributed by atoms with E-state index in [4.69, 9.17) is 10.8 Å². The molecule has 1 aromatic carbocycles. The molecule has 4 N–H and O–H groups in total. The molecule has 0 fully saturated rings. The highest BCUT2D eigenvalue weighted by atomic mass is 16.4. The standard InChI is InChI=1S/C18H18N4O2/c1-12-5-6-14(18(23)24)10-17(12)22-13(2)21-9-7-16(19)15-4-3-8-20-11-15/h3-11,22H,2,19H2,1H3,(H,23,24)/b16-7-,21-9?. The smallest absolute Gasteiger partial charge is 0.335 e. The Balaban J connectivity index is 2.06. The molecule has 1 heterocycles. The zero-order valence-corrected chi connectivity index (χ0v) is 13.2. The molecule has 0 saturated heterocycles. The number of nitrogens with one attached hydrogen (secondary N) is 1. The molecule has 0 aliphatic heterocycles. The molecule has 0 aliphatic rings. The van der Waals surface area contributed by atoms with E-state index in [1.54, 1.807) is 36.7 Å². The minimum absolute atomic E-state index is 0.195. The number of nitrogens with zero attached hydrogens (tertiary/aromatic N) is 2. The van der Waals surface area contributed by atoms with E-state index in [-0.39, 0.29) is 5.56 Å². The Morgan fingerprint density at radius 3 is 2.83 bits per heavy atom. The molecule has 6 nitrogen and oxygen atoms in total. The summed E-state index contributed by atoms with van der Waals surface area (Å²) in [6, 6.07) is 8.46. The highest BCUT2D eigenvalue weighted by Crippen LogP contribution is 2.18. The van der Waals surface area contributed by atoms with Crippen molar-refractivity contribution in [3.8, 4) is 0 Å². The van der Waals surface area contributed by atoms with Gasteiger partial charge in [-0.3, -0.25) is 4.98 Å². The average molecular weight is 322 g/mol. The predicted molar refractivity (Wildman–Crippen MR) is 95.8 cm³/mol. The van der Waals surface area contributed by atoms with Crippen molar-refractivity contribution < 1.29 is 9.90 Å². The Morgan fingerprint density at radius 2 is 2.17 bits per heavy atom. The number of allylic oxidation sites excluding steroid dienone is 1. The molecule has 1 aromatic heterocycles. The van der Waals surface area contributed by atoms with E-state index in [0.717, 1.165) is 11.1 Å². The van der Waals surface area contributed by atoms with Crippen molar-refractivity contribution in [2.45, 2.75) is 6.92 Å². The van der Waals surface area contributed by atoms with E-state index in [1.807, 2.05) is 13.0 Å². The quantitative estimate of drug-likeness (QED) is 0.710. The highest BCUT2D eigenvalue weighted by molar-refractivity contribution is 5.89. The van der Waals surface area contributed by atoms with Crippen LogP contribution in [0.15, 0.2) is 66.2 Å². The maximum absolute atomic E-state index is 11.0. The van der Waals surface area contributed by atoms with Crippen molar-refractivity contribution in [2.24, 2.45) is 10.7 Å². The number of hydrogen-bond donors (Lipinski definition) is 3. The third kappa shape index (κ3) is 4.54. The number of hydrogen-bond acceptors (Lipinski definition) is 5. The van der Waals surface area contributed by atoms with E-state index in [2.05, 4.69) is 21.9 Å². The van der Waals surface area contributed by atoms with Gasteiger partial charge in [0.1, 0.15) is 5.82 Å². The summed E-state index contributed by atoms with van der Waals surface area (Å²) in [6.45, 7) is 5.66. The third-order valence-corrected chi connectivity index (χ3v) is 3.24. The van der Waals surface area contributed by atoms with Crippen molar-refractivity contribution >= 4 is 23.6 Å². The van der Waals surface area contributed by atoms with Gasteiger partial charge in [-0.25, -0.2) is 9.79 Å². The minimum Gasteiger partial charge on any atom is -0.478 e. The first kappa shape index (κ1) is 17.0. The maximum atomic E-state index is 11.0. The number of aryl methyl sites for hydroxylation is 1. The normalized spacial score (nSPS) is 11.5. The molecular formula is C18H18N4O2. The van der Waals surface area contributed by atoms with Crippen LogP contribution in [-0.4, -0.2) is 22.3 Å². The Morgan fingerprint density at radius 1 is 1.38 bits per heavy atom. The van der Waals surface area contributed by atoms with Crippen LogP contribution in [0, 0.1) is 6.92 Å². The van der Waals surface area contributed by atoms with Crippen LogP contribution < -0.4 is 11.1 Å². The third-order valence-electron chi connectivity index (χ3n) is 3.24. The lowest BCUT2D eigenvalue weighted by Gasteiger charge is -2.09. The summed E-state index contributed by atoms with van der Waals surface area (Å²) in [5, 5.41) is 12.0. The minimum atomic E-state index is -0.987. The van der Waals surface area contributed by atoms with Gasteiger partial charge in [0.05, 0.1) is 5.56 Å². The van der Waals surface area contributed by atoms with Crippen LogP contribution in [-0.2, 0) is 0 Å². The number of aromatic carboxylic acids is 1. The molecule has 0 saturated carbocycles. The molecule has 0 amide bonds. The van der Waals surface area contributed by atoms with Crippen LogP contribution in [0.1, 0.15) is 21.5 Å². The fourth-order valence-electron chi connectivity index (χ4n) is 1.91. The number of benzene rings is 1. The molecule has 0 radical (unpaired) electrons. The largest absolute Gasteiger partial charge is 0.478 e. The van der Waals surface area contributed by atoms with E-state index < -0.39 is 5.97 Å².